The van der Waals surface area contributed by atoms with Gasteiger partial charge in [0.1, 0.15) is 0 Å². The minimum absolute atomic E-state index is 0.110. The Morgan fingerprint density at radius 1 is 0.929 bits per heavy atom. The van der Waals surface area contributed by atoms with Gasteiger partial charge in [0.25, 0.3) is 5.91 Å². The van der Waals surface area contributed by atoms with Crippen LogP contribution in [0.15, 0.2) is 71.8 Å². The molecule has 0 saturated heterocycles. The van der Waals surface area contributed by atoms with E-state index in [1.54, 1.807) is 30.3 Å². The maximum Gasteiger partial charge on any atom is 0.259 e. The summed E-state index contributed by atoms with van der Waals surface area (Å²) in [7, 11) is 0. The van der Waals surface area contributed by atoms with Crippen molar-refractivity contribution in [3.63, 3.8) is 0 Å². The zero-order chi connectivity index (χ0) is 20.2. The monoisotopic (exact) mass is 378 g/mol. The number of nitrogens with one attached hydrogen (secondary N) is 2. The molecule has 2 aromatic rings. The van der Waals surface area contributed by atoms with Gasteiger partial charge >= 0.3 is 0 Å². The van der Waals surface area contributed by atoms with E-state index in [4.69, 9.17) is 0 Å². The fourth-order valence-electron chi connectivity index (χ4n) is 2.25. The number of amides is 2. The van der Waals surface area contributed by atoms with Crippen molar-refractivity contribution in [2.45, 2.75) is 12.8 Å². The Bertz CT molecular complexity index is 862. The van der Waals surface area contributed by atoms with E-state index in [2.05, 4.69) is 15.8 Å². The molecule has 2 N–H and O–H groups in total. The molecular weight excluding hydrogens is 358 g/mol. The number of nitrogens with zero attached hydrogens (tertiary/aromatic N) is 1. The Morgan fingerprint density at radius 3 is 2.21 bits per heavy atom. The molecule has 0 saturated carbocycles. The van der Waals surface area contributed by atoms with E-state index in [1.165, 1.54) is 6.08 Å². The van der Waals surface area contributed by atoms with Gasteiger partial charge in [-0.3, -0.25) is 9.59 Å². The first-order valence-corrected chi connectivity index (χ1v) is 8.66. The third-order valence-electron chi connectivity index (χ3n) is 3.64. The summed E-state index contributed by atoms with van der Waals surface area (Å²) in [4.78, 5) is 34.4. The Morgan fingerprint density at radius 2 is 1.57 bits per heavy atom. The van der Waals surface area contributed by atoms with Crippen molar-refractivity contribution in [3.05, 3.63) is 77.9 Å². The number of rotatable bonds is 9. The van der Waals surface area contributed by atoms with Crippen LogP contribution in [0.2, 0.25) is 0 Å². The highest BCUT2D eigenvalue weighted by molar-refractivity contribution is 6.02. The van der Waals surface area contributed by atoms with E-state index in [0.717, 1.165) is 5.56 Å². The number of aliphatic carboxylic acids is 1. The Labute approximate surface area is 162 Å². The normalized spacial score (nSPS) is 11.2. The van der Waals surface area contributed by atoms with Gasteiger partial charge in [0, 0.05) is 12.0 Å². The molecule has 0 bridgehead atoms. The molecule has 7 nitrogen and oxygen atoms in total. The Balaban J connectivity index is 1.87. The molecule has 2 amide bonds. The Kier molecular flexibility index (Phi) is 8.14. The highest BCUT2D eigenvalue weighted by Gasteiger charge is 2.06. The number of hydrogen-bond donors (Lipinski definition) is 2. The van der Waals surface area contributed by atoms with Crippen molar-refractivity contribution in [1.29, 1.82) is 0 Å². The minimum Gasteiger partial charge on any atom is -0.550 e. The van der Waals surface area contributed by atoms with Crippen molar-refractivity contribution >= 4 is 29.6 Å². The number of hydrazone groups is 1. The summed E-state index contributed by atoms with van der Waals surface area (Å²) < 4.78 is 0. The third kappa shape index (κ3) is 7.65. The predicted octanol–water partition coefficient (Wildman–Crippen LogP) is 0.867. The summed E-state index contributed by atoms with van der Waals surface area (Å²) in [5.74, 6) is -2.14. The SMILES string of the molecule is O=C([O-])CC/C(=N/NC(=O)CNC(=O)/C=C/c1ccccc1)c1ccccc1. The van der Waals surface area contributed by atoms with Gasteiger partial charge in [0.05, 0.1) is 12.3 Å². The molecule has 0 aliphatic heterocycles. The van der Waals surface area contributed by atoms with Gasteiger partial charge in [0.2, 0.25) is 5.91 Å². The molecule has 0 aliphatic rings. The van der Waals surface area contributed by atoms with Gasteiger partial charge in [-0.15, -0.1) is 0 Å². The summed E-state index contributed by atoms with van der Waals surface area (Å²) in [6.45, 7) is -0.260. The van der Waals surface area contributed by atoms with Gasteiger partial charge in [-0.1, -0.05) is 60.7 Å². The van der Waals surface area contributed by atoms with Crippen LogP contribution in [-0.4, -0.2) is 30.0 Å². The molecule has 2 rings (SSSR count). The minimum atomic E-state index is -1.20. The van der Waals surface area contributed by atoms with Crippen LogP contribution in [-0.2, 0) is 14.4 Å². The highest BCUT2D eigenvalue weighted by Crippen LogP contribution is 2.06. The lowest BCUT2D eigenvalue weighted by Gasteiger charge is -2.08. The number of carboxylic acids is 1. The molecule has 144 valence electrons. The molecule has 0 unspecified atom stereocenters. The van der Waals surface area contributed by atoms with Crippen molar-refractivity contribution < 1.29 is 19.5 Å². The second kappa shape index (κ2) is 11.1. The van der Waals surface area contributed by atoms with E-state index >= 15 is 0 Å². The van der Waals surface area contributed by atoms with Crippen LogP contribution in [0.1, 0.15) is 24.0 Å². The highest BCUT2D eigenvalue weighted by atomic mass is 16.4. The lowest BCUT2D eigenvalue weighted by molar-refractivity contribution is -0.305. The molecule has 0 fully saturated rings. The summed E-state index contributed by atoms with van der Waals surface area (Å²) >= 11 is 0. The second-order valence-corrected chi connectivity index (χ2v) is 5.79. The zero-order valence-corrected chi connectivity index (χ0v) is 15.1. The van der Waals surface area contributed by atoms with Gasteiger partial charge in [0.15, 0.2) is 0 Å². The van der Waals surface area contributed by atoms with Crippen molar-refractivity contribution in [2.75, 3.05) is 6.54 Å². The van der Waals surface area contributed by atoms with Gasteiger partial charge in [-0.25, -0.2) is 5.43 Å². The first-order valence-electron chi connectivity index (χ1n) is 8.66. The summed E-state index contributed by atoms with van der Waals surface area (Å²) in [5.41, 5.74) is 4.30. The van der Waals surface area contributed by atoms with Crippen molar-refractivity contribution in [1.82, 2.24) is 10.7 Å². The Hall–Kier alpha value is -3.74. The largest absolute Gasteiger partial charge is 0.550 e. The smallest absolute Gasteiger partial charge is 0.259 e. The molecule has 0 aromatic heterocycles. The topological polar surface area (TPSA) is 111 Å². The van der Waals surface area contributed by atoms with Gasteiger partial charge in [-0.2, -0.15) is 5.10 Å². The molecule has 0 heterocycles. The molecule has 7 heteroatoms. The average Bonchev–Trinajstić information content (AvgIpc) is 2.72. The number of carboxylic acid groups (broad SMARTS) is 1. The van der Waals surface area contributed by atoms with E-state index in [0.29, 0.717) is 11.3 Å². The number of carbonyl (C=O) groups is 3. The summed E-state index contributed by atoms with van der Waals surface area (Å²) in [5, 5.41) is 17.2. The van der Waals surface area contributed by atoms with Crippen molar-refractivity contribution in [2.24, 2.45) is 5.10 Å². The molecular formula is C21H20N3O4-. The summed E-state index contributed by atoms with van der Waals surface area (Å²) in [6.07, 6.45) is 2.86. The van der Waals surface area contributed by atoms with Crippen molar-refractivity contribution in [3.8, 4) is 0 Å². The molecule has 0 atom stereocenters. The second-order valence-electron chi connectivity index (χ2n) is 5.79. The molecule has 0 aliphatic carbocycles. The van der Waals surface area contributed by atoms with E-state index in [1.807, 2.05) is 36.4 Å². The van der Waals surface area contributed by atoms with Crippen LogP contribution in [0.3, 0.4) is 0 Å². The fraction of sp³-hybridized carbons (Fsp3) is 0.143. The van der Waals surface area contributed by atoms with E-state index in [9.17, 15) is 19.5 Å². The standard InChI is InChI=1S/C21H21N3O4/c25-19(13-11-16-7-3-1-4-8-16)22-15-20(26)24-23-18(12-14-21(27)28)17-9-5-2-6-10-17/h1-11,13H,12,14-15H2,(H,22,25)(H,24,26)(H,27,28)/p-1/b13-11+,23-18-. The molecule has 2 aromatic carbocycles. The maximum atomic E-state index is 11.9. The van der Waals surface area contributed by atoms with E-state index in [-0.39, 0.29) is 19.4 Å². The van der Waals surface area contributed by atoms with Crippen LogP contribution in [0.25, 0.3) is 6.08 Å². The predicted molar refractivity (Wildman–Crippen MR) is 104 cm³/mol. The summed E-state index contributed by atoms with van der Waals surface area (Å²) in [6, 6.07) is 18.2. The van der Waals surface area contributed by atoms with E-state index < -0.39 is 17.8 Å². The lowest BCUT2D eigenvalue weighted by Crippen LogP contribution is -2.34. The van der Waals surface area contributed by atoms with Gasteiger partial charge in [-0.05, 0) is 30.0 Å². The molecule has 0 spiro atoms. The maximum absolute atomic E-state index is 11.9. The van der Waals surface area contributed by atoms with Crippen LogP contribution >= 0.6 is 0 Å². The average molecular weight is 378 g/mol. The number of carbonyl (C=O) groups excluding carboxylic acids is 3. The quantitative estimate of drug-likeness (QED) is 0.383. The van der Waals surface area contributed by atoms with Crippen LogP contribution < -0.4 is 15.8 Å². The van der Waals surface area contributed by atoms with Crippen LogP contribution in [0, 0.1) is 0 Å². The number of benzene rings is 2. The zero-order valence-electron chi connectivity index (χ0n) is 15.1. The first-order chi connectivity index (χ1) is 13.5. The van der Waals surface area contributed by atoms with Gasteiger partial charge < -0.3 is 15.2 Å². The third-order valence-corrected chi connectivity index (χ3v) is 3.64. The number of hydrogen-bond acceptors (Lipinski definition) is 5. The first kappa shape index (κ1) is 20.6. The van der Waals surface area contributed by atoms with Crippen LogP contribution in [0.4, 0.5) is 0 Å². The van der Waals surface area contributed by atoms with Crippen LogP contribution in [0.5, 0.6) is 0 Å². The fourth-order valence-corrected chi connectivity index (χ4v) is 2.25. The lowest BCUT2D eigenvalue weighted by atomic mass is 10.1. The molecule has 0 radical (unpaired) electrons. The molecule has 28 heavy (non-hydrogen) atoms.